The Kier molecular flexibility index (Phi) is 4.49. The molecule has 0 aliphatic carbocycles. The van der Waals surface area contributed by atoms with Gasteiger partial charge in [0.05, 0.1) is 17.3 Å². The summed E-state index contributed by atoms with van der Waals surface area (Å²) >= 11 is 0. The first-order chi connectivity index (χ1) is 13.5. The maximum atomic E-state index is 11.3. The molecule has 0 unspecified atom stereocenters. The Labute approximate surface area is 162 Å². The minimum atomic E-state index is -0.115. The SMILES string of the molecule is CC(=O)Nc1cccc(Nc2ncnc3c2cnn3-c2ccc(C)cc2C)c1. The molecule has 4 aromatic rings. The normalized spacial score (nSPS) is 10.8. The van der Waals surface area contributed by atoms with E-state index in [9.17, 15) is 4.79 Å². The highest BCUT2D eigenvalue weighted by molar-refractivity contribution is 5.91. The molecule has 0 spiro atoms. The van der Waals surface area contributed by atoms with E-state index in [0.717, 1.165) is 28.0 Å². The summed E-state index contributed by atoms with van der Waals surface area (Å²) in [6, 6.07) is 13.7. The smallest absolute Gasteiger partial charge is 0.221 e. The van der Waals surface area contributed by atoms with Gasteiger partial charge in [0.2, 0.25) is 5.91 Å². The molecule has 0 fully saturated rings. The molecule has 2 aromatic carbocycles. The number of rotatable bonds is 4. The van der Waals surface area contributed by atoms with Gasteiger partial charge < -0.3 is 10.6 Å². The van der Waals surface area contributed by atoms with Gasteiger partial charge in [0.15, 0.2) is 5.65 Å². The Hall–Kier alpha value is -3.74. The number of hydrogen-bond acceptors (Lipinski definition) is 5. The van der Waals surface area contributed by atoms with Crippen molar-refractivity contribution in [3.05, 3.63) is 66.1 Å². The zero-order chi connectivity index (χ0) is 19.7. The number of nitrogens with one attached hydrogen (secondary N) is 2. The maximum Gasteiger partial charge on any atom is 0.221 e. The lowest BCUT2D eigenvalue weighted by molar-refractivity contribution is -0.114. The van der Waals surface area contributed by atoms with Crippen molar-refractivity contribution < 1.29 is 4.79 Å². The molecular weight excluding hydrogens is 352 g/mol. The molecule has 0 saturated carbocycles. The van der Waals surface area contributed by atoms with E-state index in [1.807, 2.05) is 35.0 Å². The molecule has 4 rings (SSSR count). The van der Waals surface area contributed by atoms with E-state index in [2.05, 4.69) is 51.7 Å². The van der Waals surface area contributed by atoms with Crippen LogP contribution in [0.4, 0.5) is 17.2 Å². The molecule has 1 amide bonds. The number of anilines is 3. The molecule has 7 heteroatoms. The van der Waals surface area contributed by atoms with E-state index >= 15 is 0 Å². The van der Waals surface area contributed by atoms with Crippen molar-refractivity contribution >= 4 is 34.1 Å². The summed E-state index contributed by atoms with van der Waals surface area (Å²) in [4.78, 5) is 20.1. The number of fused-ring (bicyclic) bond motifs is 1. The fourth-order valence-corrected chi connectivity index (χ4v) is 3.18. The highest BCUT2D eigenvalue weighted by atomic mass is 16.1. The van der Waals surface area contributed by atoms with Crippen LogP contribution in [0.3, 0.4) is 0 Å². The maximum absolute atomic E-state index is 11.3. The predicted octanol–water partition coefficient (Wildman–Crippen LogP) is 4.13. The topological polar surface area (TPSA) is 84.7 Å². The van der Waals surface area contributed by atoms with Crippen molar-refractivity contribution in [3.8, 4) is 5.69 Å². The first-order valence-corrected chi connectivity index (χ1v) is 8.92. The average Bonchev–Trinajstić information content (AvgIpc) is 3.06. The van der Waals surface area contributed by atoms with Gasteiger partial charge in [0.1, 0.15) is 12.1 Å². The Bertz CT molecular complexity index is 1180. The molecule has 28 heavy (non-hydrogen) atoms. The van der Waals surface area contributed by atoms with Crippen LogP contribution in [0.2, 0.25) is 0 Å². The Morgan fingerprint density at radius 3 is 2.64 bits per heavy atom. The predicted molar refractivity (Wildman–Crippen MR) is 110 cm³/mol. The fraction of sp³-hybridized carbons (Fsp3) is 0.143. The monoisotopic (exact) mass is 372 g/mol. The standard InChI is InChI=1S/C21H20N6O/c1-13-7-8-19(14(2)9-13)27-21-18(11-24-27)20(22-12-23-21)26-17-6-4-5-16(10-17)25-15(3)28/h4-12H,1-3H3,(H,25,28)(H,22,23,26). The van der Waals surface area contributed by atoms with Crippen LogP contribution in [0.25, 0.3) is 16.7 Å². The minimum absolute atomic E-state index is 0.115. The third kappa shape index (κ3) is 3.42. The third-order valence-electron chi connectivity index (χ3n) is 4.39. The molecule has 0 bridgehead atoms. The molecular formula is C21H20N6O. The molecule has 0 saturated heterocycles. The highest BCUT2D eigenvalue weighted by Crippen LogP contribution is 2.26. The average molecular weight is 372 g/mol. The molecule has 2 N–H and O–H groups in total. The molecule has 0 aliphatic heterocycles. The van der Waals surface area contributed by atoms with E-state index < -0.39 is 0 Å². The lowest BCUT2D eigenvalue weighted by atomic mass is 10.1. The van der Waals surface area contributed by atoms with Crippen LogP contribution in [-0.4, -0.2) is 25.7 Å². The summed E-state index contributed by atoms with van der Waals surface area (Å²) in [5.41, 5.74) is 5.56. The number of carbonyl (C=O) groups excluding carboxylic acids is 1. The van der Waals surface area contributed by atoms with Crippen molar-refractivity contribution in [2.45, 2.75) is 20.8 Å². The van der Waals surface area contributed by atoms with Gasteiger partial charge in [-0.3, -0.25) is 4.79 Å². The number of aromatic nitrogens is 4. The van der Waals surface area contributed by atoms with Gasteiger partial charge in [0.25, 0.3) is 0 Å². The van der Waals surface area contributed by atoms with Crippen LogP contribution >= 0.6 is 0 Å². The van der Waals surface area contributed by atoms with Gasteiger partial charge in [-0.15, -0.1) is 0 Å². The molecule has 2 aromatic heterocycles. The van der Waals surface area contributed by atoms with E-state index in [1.165, 1.54) is 18.8 Å². The number of benzene rings is 2. The number of aryl methyl sites for hydroxylation is 2. The lowest BCUT2D eigenvalue weighted by Crippen LogP contribution is -2.06. The van der Waals surface area contributed by atoms with Crippen molar-refractivity contribution in [1.29, 1.82) is 0 Å². The number of nitrogens with zero attached hydrogens (tertiary/aromatic N) is 4. The van der Waals surface area contributed by atoms with Crippen LogP contribution < -0.4 is 10.6 Å². The second-order valence-corrected chi connectivity index (χ2v) is 6.69. The second-order valence-electron chi connectivity index (χ2n) is 6.69. The van der Waals surface area contributed by atoms with Crippen LogP contribution in [0.1, 0.15) is 18.1 Å². The van der Waals surface area contributed by atoms with Crippen molar-refractivity contribution in [2.75, 3.05) is 10.6 Å². The summed E-state index contributed by atoms with van der Waals surface area (Å²) in [5.74, 6) is 0.539. The first-order valence-electron chi connectivity index (χ1n) is 8.92. The zero-order valence-corrected chi connectivity index (χ0v) is 15.9. The van der Waals surface area contributed by atoms with Crippen molar-refractivity contribution in [3.63, 3.8) is 0 Å². The van der Waals surface area contributed by atoms with E-state index in [4.69, 9.17) is 0 Å². The Morgan fingerprint density at radius 2 is 1.86 bits per heavy atom. The lowest BCUT2D eigenvalue weighted by Gasteiger charge is -2.10. The van der Waals surface area contributed by atoms with Gasteiger partial charge >= 0.3 is 0 Å². The fourth-order valence-electron chi connectivity index (χ4n) is 3.18. The summed E-state index contributed by atoms with van der Waals surface area (Å²) in [6.45, 7) is 5.61. The highest BCUT2D eigenvalue weighted by Gasteiger charge is 2.13. The largest absolute Gasteiger partial charge is 0.339 e. The van der Waals surface area contributed by atoms with Crippen molar-refractivity contribution in [2.24, 2.45) is 0 Å². The van der Waals surface area contributed by atoms with Crippen molar-refractivity contribution in [1.82, 2.24) is 19.7 Å². The van der Waals surface area contributed by atoms with Gasteiger partial charge in [-0.25, -0.2) is 14.6 Å². The second kappa shape index (κ2) is 7.11. The molecule has 140 valence electrons. The zero-order valence-electron chi connectivity index (χ0n) is 15.9. The van der Waals surface area contributed by atoms with E-state index in [-0.39, 0.29) is 5.91 Å². The Balaban J connectivity index is 1.72. The quantitative estimate of drug-likeness (QED) is 0.562. The van der Waals surface area contributed by atoms with Gasteiger partial charge in [-0.05, 0) is 43.7 Å². The van der Waals surface area contributed by atoms with Gasteiger partial charge in [-0.1, -0.05) is 23.8 Å². The summed E-state index contributed by atoms with van der Waals surface area (Å²) in [6.07, 6.45) is 3.28. The minimum Gasteiger partial charge on any atom is -0.339 e. The van der Waals surface area contributed by atoms with E-state index in [0.29, 0.717) is 11.5 Å². The third-order valence-corrected chi connectivity index (χ3v) is 4.39. The number of carbonyl (C=O) groups is 1. The van der Waals surface area contributed by atoms with Crippen LogP contribution in [0.5, 0.6) is 0 Å². The first kappa shape index (κ1) is 17.7. The van der Waals surface area contributed by atoms with Crippen LogP contribution in [0.15, 0.2) is 55.0 Å². The molecule has 0 atom stereocenters. The van der Waals surface area contributed by atoms with Crippen LogP contribution in [-0.2, 0) is 4.79 Å². The molecule has 0 aliphatic rings. The number of amides is 1. The molecule has 7 nitrogen and oxygen atoms in total. The van der Waals surface area contributed by atoms with Gasteiger partial charge in [-0.2, -0.15) is 5.10 Å². The van der Waals surface area contributed by atoms with Gasteiger partial charge in [0, 0.05) is 18.3 Å². The molecule has 0 radical (unpaired) electrons. The summed E-state index contributed by atoms with van der Waals surface area (Å²) in [5, 5.41) is 11.4. The summed E-state index contributed by atoms with van der Waals surface area (Å²) < 4.78 is 1.82. The summed E-state index contributed by atoms with van der Waals surface area (Å²) in [7, 11) is 0. The van der Waals surface area contributed by atoms with Crippen LogP contribution in [0, 0.1) is 13.8 Å². The van der Waals surface area contributed by atoms with E-state index in [1.54, 1.807) is 6.20 Å². The number of hydrogen-bond donors (Lipinski definition) is 2. The molecule has 2 heterocycles. The Morgan fingerprint density at radius 1 is 1.04 bits per heavy atom.